The van der Waals surface area contributed by atoms with Crippen LogP contribution in [-0.4, -0.2) is 35.0 Å². The van der Waals surface area contributed by atoms with E-state index in [1.54, 1.807) is 11.3 Å². The Bertz CT molecular complexity index is 907. The number of benzene rings is 1. The number of fused-ring (bicyclic) bond motifs is 1. The Balaban J connectivity index is 1.51. The molecule has 1 aliphatic heterocycles. The maximum absolute atomic E-state index is 12.9. The van der Waals surface area contributed by atoms with Gasteiger partial charge in [0.05, 0.1) is 11.6 Å². The number of nitrogens with one attached hydrogen (secondary N) is 1. The van der Waals surface area contributed by atoms with Gasteiger partial charge < -0.3 is 9.88 Å². The SMILES string of the molecule is CC1CCN(C(CNC(=O)c2cn(C)c3ccccc23)c2cccs2)CC1. The highest BCUT2D eigenvalue weighted by Crippen LogP contribution is 2.29. The number of para-hydroxylation sites is 1. The van der Waals surface area contributed by atoms with Crippen molar-refractivity contribution in [2.24, 2.45) is 13.0 Å². The molecule has 0 saturated carbocycles. The number of aromatic nitrogens is 1. The highest BCUT2D eigenvalue weighted by Gasteiger charge is 2.26. The van der Waals surface area contributed by atoms with E-state index in [-0.39, 0.29) is 11.9 Å². The fourth-order valence-corrected chi connectivity index (χ4v) is 4.90. The van der Waals surface area contributed by atoms with Gasteiger partial charge >= 0.3 is 0 Å². The van der Waals surface area contributed by atoms with Crippen LogP contribution >= 0.6 is 11.3 Å². The lowest BCUT2D eigenvalue weighted by Crippen LogP contribution is -2.41. The number of carbonyl (C=O) groups excluding carboxylic acids is 1. The first-order chi connectivity index (χ1) is 13.1. The van der Waals surface area contributed by atoms with Crippen molar-refractivity contribution in [1.29, 1.82) is 0 Å². The minimum absolute atomic E-state index is 0.0127. The van der Waals surface area contributed by atoms with Crippen molar-refractivity contribution < 1.29 is 4.79 Å². The van der Waals surface area contributed by atoms with E-state index in [2.05, 4.69) is 40.7 Å². The Hall–Kier alpha value is -2.11. The largest absolute Gasteiger partial charge is 0.350 e. The monoisotopic (exact) mass is 381 g/mol. The Kier molecular flexibility index (Phi) is 5.32. The second-order valence-corrected chi connectivity index (χ2v) is 8.61. The molecule has 142 valence electrons. The molecule has 1 N–H and O–H groups in total. The Morgan fingerprint density at radius 1 is 1.22 bits per heavy atom. The third-order valence-electron chi connectivity index (χ3n) is 5.73. The molecule has 1 fully saturated rings. The number of thiophene rings is 1. The van der Waals surface area contributed by atoms with Crippen LogP contribution in [0.4, 0.5) is 0 Å². The maximum atomic E-state index is 12.9. The molecule has 0 aliphatic carbocycles. The molecule has 0 bridgehead atoms. The highest BCUT2D eigenvalue weighted by atomic mass is 32.1. The molecule has 3 heterocycles. The van der Waals surface area contributed by atoms with Crippen LogP contribution < -0.4 is 5.32 Å². The number of carbonyl (C=O) groups is 1. The Morgan fingerprint density at radius 2 is 2.00 bits per heavy atom. The van der Waals surface area contributed by atoms with Gasteiger partial charge in [-0.1, -0.05) is 31.2 Å². The summed E-state index contributed by atoms with van der Waals surface area (Å²) in [6, 6.07) is 12.6. The molecule has 1 atom stereocenters. The van der Waals surface area contributed by atoms with Crippen LogP contribution in [0, 0.1) is 5.92 Å². The summed E-state index contributed by atoms with van der Waals surface area (Å²) in [6.45, 7) is 5.19. The Morgan fingerprint density at radius 3 is 2.74 bits per heavy atom. The zero-order valence-corrected chi connectivity index (χ0v) is 16.8. The quantitative estimate of drug-likeness (QED) is 0.709. The summed E-state index contributed by atoms with van der Waals surface area (Å²) in [5, 5.41) is 6.35. The molecule has 1 amide bonds. The molecule has 0 radical (unpaired) electrons. The van der Waals surface area contributed by atoms with Crippen molar-refractivity contribution in [1.82, 2.24) is 14.8 Å². The summed E-state index contributed by atoms with van der Waals surface area (Å²) in [5.74, 6) is 0.814. The molecule has 0 spiro atoms. The minimum Gasteiger partial charge on any atom is -0.350 e. The van der Waals surface area contributed by atoms with Crippen molar-refractivity contribution in [2.75, 3.05) is 19.6 Å². The van der Waals surface area contributed by atoms with Crippen molar-refractivity contribution in [3.05, 3.63) is 58.4 Å². The minimum atomic E-state index is 0.0127. The van der Waals surface area contributed by atoms with Gasteiger partial charge in [0.15, 0.2) is 0 Å². The molecule has 2 aromatic heterocycles. The van der Waals surface area contributed by atoms with E-state index < -0.39 is 0 Å². The van der Waals surface area contributed by atoms with Gasteiger partial charge in [0.25, 0.3) is 5.91 Å². The number of hydrogen-bond donors (Lipinski definition) is 1. The van der Waals surface area contributed by atoms with Crippen molar-refractivity contribution in [3.8, 4) is 0 Å². The number of nitrogens with zero attached hydrogens (tertiary/aromatic N) is 2. The van der Waals surface area contributed by atoms with Crippen LogP contribution in [0.15, 0.2) is 48.0 Å². The van der Waals surface area contributed by atoms with E-state index in [4.69, 9.17) is 0 Å². The summed E-state index contributed by atoms with van der Waals surface area (Å²) >= 11 is 1.78. The predicted octanol–water partition coefficient (Wildman–Crippen LogP) is 4.44. The van der Waals surface area contributed by atoms with Gasteiger partial charge in [0.1, 0.15) is 0 Å². The number of hydrogen-bond acceptors (Lipinski definition) is 3. The van der Waals surface area contributed by atoms with Crippen LogP contribution in [0.3, 0.4) is 0 Å². The number of rotatable bonds is 5. The third-order valence-corrected chi connectivity index (χ3v) is 6.70. The van der Waals surface area contributed by atoms with Crippen LogP contribution in [0.1, 0.15) is 41.0 Å². The van der Waals surface area contributed by atoms with E-state index in [1.165, 1.54) is 17.7 Å². The zero-order chi connectivity index (χ0) is 18.8. The van der Waals surface area contributed by atoms with Crippen molar-refractivity contribution >= 4 is 28.1 Å². The molecule has 1 aromatic carbocycles. The van der Waals surface area contributed by atoms with Gasteiger partial charge in [-0.15, -0.1) is 11.3 Å². The number of likely N-dealkylation sites (tertiary alicyclic amines) is 1. The van der Waals surface area contributed by atoms with Gasteiger partial charge in [-0.3, -0.25) is 9.69 Å². The lowest BCUT2D eigenvalue weighted by Gasteiger charge is -2.36. The number of piperidine rings is 1. The van der Waals surface area contributed by atoms with E-state index in [1.807, 2.05) is 36.0 Å². The summed E-state index contributed by atoms with van der Waals surface area (Å²) in [6.07, 6.45) is 4.40. The van der Waals surface area contributed by atoms with E-state index in [0.29, 0.717) is 6.54 Å². The molecule has 4 rings (SSSR count). The zero-order valence-electron chi connectivity index (χ0n) is 16.0. The molecule has 3 aromatic rings. The van der Waals surface area contributed by atoms with Gasteiger partial charge in [0.2, 0.25) is 0 Å². The average molecular weight is 382 g/mol. The van der Waals surface area contributed by atoms with Crippen molar-refractivity contribution in [2.45, 2.75) is 25.8 Å². The van der Waals surface area contributed by atoms with E-state index >= 15 is 0 Å². The summed E-state index contributed by atoms with van der Waals surface area (Å²) in [7, 11) is 1.99. The Labute approximate surface area is 164 Å². The standard InChI is InChI=1S/C22H27N3OS/c1-16-9-11-25(12-10-16)20(21-8-5-13-27-21)14-23-22(26)18-15-24(2)19-7-4-3-6-17(18)19/h3-8,13,15-16,20H,9-12,14H2,1-2H3,(H,23,26). The van der Waals surface area contributed by atoms with Gasteiger partial charge in [-0.25, -0.2) is 0 Å². The summed E-state index contributed by atoms with van der Waals surface area (Å²) in [4.78, 5) is 16.8. The normalized spacial score (nSPS) is 17.3. The topological polar surface area (TPSA) is 37.3 Å². The smallest absolute Gasteiger partial charge is 0.253 e. The molecule has 1 aliphatic rings. The fraction of sp³-hybridized carbons (Fsp3) is 0.409. The lowest BCUT2D eigenvalue weighted by atomic mass is 9.97. The lowest BCUT2D eigenvalue weighted by molar-refractivity contribution is 0.0916. The summed E-state index contributed by atoms with van der Waals surface area (Å²) < 4.78 is 2.02. The fourth-order valence-electron chi connectivity index (χ4n) is 4.04. The second-order valence-electron chi connectivity index (χ2n) is 7.63. The first-order valence-corrected chi connectivity index (χ1v) is 10.6. The maximum Gasteiger partial charge on any atom is 0.253 e. The summed E-state index contributed by atoms with van der Waals surface area (Å²) in [5.41, 5.74) is 1.84. The van der Waals surface area contributed by atoms with Crippen LogP contribution in [-0.2, 0) is 7.05 Å². The average Bonchev–Trinajstić information content (AvgIpc) is 3.32. The van der Waals surface area contributed by atoms with Gasteiger partial charge in [-0.2, -0.15) is 0 Å². The first-order valence-electron chi connectivity index (χ1n) is 9.73. The van der Waals surface area contributed by atoms with E-state index in [0.717, 1.165) is 35.5 Å². The second kappa shape index (κ2) is 7.87. The van der Waals surface area contributed by atoms with Crippen LogP contribution in [0.2, 0.25) is 0 Å². The third kappa shape index (κ3) is 3.80. The van der Waals surface area contributed by atoms with E-state index in [9.17, 15) is 4.79 Å². The molecule has 4 nitrogen and oxygen atoms in total. The molecule has 27 heavy (non-hydrogen) atoms. The predicted molar refractivity (Wildman–Crippen MR) is 112 cm³/mol. The molecule has 5 heteroatoms. The molecular weight excluding hydrogens is 354 g/mol. The van der Waals surface area contributed by atoms with Crippen molar-refractivity contribution in [3.63, 3.8) is 0 Å². The van der Waals surface area contributed by atoms with Crippen LogP contribution in [0.5, 0.6) is 0 Å². The van der Waals surface area contributed by atoms with Crippen LogP contribution in [0.25, 0.3) is 10.9 Å². The van der Waals surface area contributed by atoms with Gasteiger partial charge in [-0.05, 0) is 49.4 Å². The molecule has 1 saturated heterocycles. The highest BCUT2D eigenvalue weighted by molar-refractivity contribution is 7.10. The molecular formula is C22H27N3OS. The number of amides is 1. The first kappa shape index (κ1) is 18.3. The number of aryl methyl sites for hydroxylation is 1. The molecule has 1 unspecified atom stereocenters. The van der Waals surface area contributed by atoms with Gasteiger partial charge in [0, 0.05) is 35.6 Å².